The Hall–Kier alpha value is -2.11. The lowest BCUT2D eigenvalue weighted by Crippen LogP contribution is -2.30. The first-order valence-electron chi connectivity index (χ1n) is 36.8. The molecule has 6 nitrogen and oxygen atoms in total. The van der Waals surface area contributed by atoms with Crippen molar-refractivity contribution in [2.45, 2.75) is 425 Å². The van der Waals surface area contributed by atoms with Crippen LogP contribution in [0.5, 0.6) is 0 Å². The van der Waals surface area contributed by atoms with Crippen LogP contribution in [0.15, 0.2) is 24.3 Å². The third kappa shape index (κ3) is 68.6. The number of carbonyl (C=O) groups excluding carboxylic acids is 3. The summed E-state index contributed by atoms with van der Waals surface area (Å²) < 4.78 is 17.0. The molecule has 0 radical (unpaired) electrons. The lowest BCUT2D eigenvalue weighted by Gasteiger charge is -2.18. The van der Waals surface area contributed by atoms with E-state index < -0.39 is 6.10 Å². The summed E-state index contributed by atoms with van der Waals surface area (Å²) in [6.45, 7) is 6.69. The van der Waals surface area contributed by atoms with Crippen LogP contribution in [-0.4, -0.2) is 37.2 Å². The maximum absolute atomic E-state index is 12.9. The molecule has 1 atom stereocenters. The molecule has 478 valence electrons. The zero-order chi connectivity index (χ0) is 58.5. The molecule has 0 spiro atoms. The van der Waals surface area contributed by atoms with E-state index in [0.29, 0.717) is 19.3 Å². The lowest BCUT2D eigenvalue weighted by molar-refractivity contribution is -0.167. The SMILES string of the molecule is CCCCC/C=C\C/C=C\CCCCCCCC(=O)OCC(COC(=O)CCCCCCCCCCCCCCCCCCCCCCCCCCCCCCCC)OC(=O)CCCCCCCCCCCCCCCCCCCC. The average Bonchev–Trinajstić information content (AvgIpc) is 3.47. The number of carbonyl (C=O) groups is 3. The van der Waals surface area contributed by atoms with Crippen LogP contribution < -0.4 is 0 Å². The van der Waals surface area contributed by atoms with Gasteiger partial charge in [-0.2, -0.15) is 0 Å². The van der Waals surface area contributed by atoms with Gasteiger partial charge in [0.25, 0.3) is 0 Å². The Kier molecular flexibility index (Phi) is 68.5. The molecule has 0 saturated carbocycles. The average molecular weight is 1140 g/mol. The first kappa shape index (κ1) is 78.9. The summed E-state index contributed by atoms with van der Waals surface area (Å²) >= 11 is 0. The highest BCUT2D eigenvalue weighted by Gasteiger charge is 2.20. The molecule has 6 heteroatoms. The molecule has 0 amide bonds. The van der Waals surface area contributed by atoms with Crippen LogP contribution in [0.3, 0.4) is 0 Å². The van der Waals surface area contributed by atoms with Crippen molar-refractivity contribution in [2.75, 3.05) is 13.2 Å². The minimum atomic E-state index is -0.774. The quantitative estimate of drug-likeness (QED) is 0.0261. The van der Waals surface area contributed by atoms with E-state index in [0.717, 1.165) is 77.0 Å². The van der Waals surface area contributed by atoms with Crippen molar-refractivity contribution < 1.29 is 28.6 Å². The van der Waals surface area contributed by atoms with Gasteiger partial charge in [0.2, 0.25) is 0 Å². The van der Waals surface area contributed by atoms with Crippen molar-refractivity contribution in [1.82, 2.24) is 0 Å². The summed E-state index contributed by atoms with van der Waals surface area (Å²) in [6, 6.07) is 0. The Morgan fingerprint density at radius 1 is 0.247 bits per heavy atom. The first-order chi connectivity index (χ1) is 40.0. The van der Waals surface area contributed by atoms with Gasteiger partial charge in [0.05, 0.1) is 0 Å². The van der Waals surface area contributed by atoms with E-state index >= 15 is 0 Å². The van der Waals surface area contributed by atoms with Crippen LogP contribution in [0.25, 0.3) is 0 Å². The van der Waals surface area contributed by atoms with Crippen molar-refractivity contribution in [3.63, 3.8) is 0 Å². The number of hydrogen-bond acceptors (Lipinski definition) is 6. The molecule has 0 saturated heterocycles. The van der Waals surface area contributed by atoms with Gasteiger partial charge in [-0.3, -0.25) is 14.4 Å². The van der Waals surface area contributed by atoms with Crippen LogP contribution in [0.2, 0.25) is 0 Å². The Bertz CT molecular complexity index is 1310. The number of allylic oxidation sites excluding steroid dienone is 4. The van der Waals surface area contributed by atoms with Gasteiger partial charge in [-0.1, -0.05) is 373 Å². The molecule has 0 aliphatic heterocycles. The maximum atomic E-state index is 12.9. The molecular formula is C75H142O6. The number of unbranched alkanes of at least 4 members (excludes halogenated alkanes) is 54. The van der Waals surface area contributed by atoms with Gasteiger partial charge in [0.1, 0.15) is 13.2 Å². The van der Waals surface area contributed by atoms with E-state index in [1.807, 2.05) is 0 Å². The van der Waals surface area contributed by atoms with Crippen molar-refractivity contribution in [3.8, 4) is 0 Å². The fourth-order valence-corrected chi connectivity index (χ4v) is 11.4. The van der Waals surface area contributed by atoms with Crippen molar-refractivity contribution in [3.05, 3.63) is 24.3 Å². The summed E-state index contributed by atoms with van der Waals surface area (Å²) in [7, 11) is 0. The topological polar surface area (TPSA) is 78.9 Å². The van der Waals surface area contributed by atoms with Gasteiger partial charge in [0.15, 0.2) is 6.10 Å². The van der Waals surface area contributed by atoms with Crippen LogP contribution in [0, 0.1) is 0 Å². The molecule has 0 aliphatic carbocycles. The highest BCUT2D eigenvalue weighted by atomic mass is 16.6. The molecule has 0 aromatic rings. The third-order valence-corrected chi connectivity index (χ3v) is 17.0. The van der Waals surface area contributed by atoms with Crippen LogP contribution in [0.1, 0.15) is 419 Å². The molecule has 0 aromatic carbocycles. The number of rotatable bonds is 69. The summed E-state index contributed by atoms with van der Waals surface area (Å²) in [5.41, 5.74) is 0. The zero-order valence-corrected chi connectivity index (χ0v) is 55.1. The molecule has 0 N–H and O–H groups in total. The molecule has 0 fully saturated rings. The monoisotopic (exact) mass is 1140 g/mol. The molecule has 0 aromatic heterocycles. The van der Waals surface area contributed by atoms with Gasteiger partial charge in [-0.05, 0) is 51.4 Å². The molecule has 0 aliphatic rings. The van der Waals surface area contributed by atoms with Crippen molar-refractivity contribution >= 4 is 17.9 Å². The summed E-state index contributed by atoms with van der Waals surface area (Å²) in [5.74, 6) is -0.850. The van der Waals surface area contributed by atoms with E-state index in [9.17, 15) is 14.4 Å². The minimum absolute atomic E-state index is 0.0692. The second-order valence-corrected chi connectivity index (χ2v) is 25.2. The largest absolute Gasteiger partial charge is 0.462 e. The predicted octanol–water partition coefficient (Wildman–Crippen LogP) is 25.3. The third-order valence-electron chi connectivity index (χ3n) is 17.0. The molecular weight excluding hydrogens is 997 g/mol. The molecule has 1 unspecified atom stereocenters. The van der Waals surface area contributed by atoms with E-state index in [-0.39, 0.29) is 31.1 Å². The molecule has 0 heterocycles. The molecule has 0 bridgehead atoms. The molecule has 81 heavy (non-hydrogen) atoms. The smallest absolute Gasteiger partial charge is 0.306 e. The van der Waals surface area contributed by atoms with Crippen LogP contribution in [0.4, 0.5) is 0 Å². The normalized spacial score (nSPS) is 12.1. The zero-order valence-electron chi connectivity index (χ0n) is 55.1. The Labute approximate surface area is 506 Å². The van der Waals surface area contributed by atoms with E-state index in [1.54, 1.807) is 0 Å². The highest BCUT2D eigenvalue weighted by Crippen LogP contribution is 2.19. The fourth-order valence-electron chi connectivity index (χ4n) is 11.4. The Balaban J connectivity index is 4.17. The van der Waals surface area contributed by atoms with Gasteiger partial charge in [-0.15, -0.1) is 0 Å². The first-order valence-corrected chi connectivity index (χ1v) is 36.8. The van der Waals surface area contributed by atoms with E-state index in [1.165, 1.54) is 302 Å². The second kappa shape index (κ2) is 70.4. The van der Waals surface area contributed by atoms with Gasteiger partial charge >= 0.3 is 17.9 Å². The maximum Gasteiger partial charge on any atom is 0.306 e. The van der Waals surface area contributed by atoms with Crippen molar-refractivity contribution in [1.29, 1.82) is 0 Å². The summed E-state index contributed by atoms with van der Waals surface area (Å²) in [6.07, 6.45) is 86.5. The second-order valence-electron chi connectivity index (χ2n) is 25.2. The summed E-state index contributed by atoms with van der Waals surface area (Å²) in [5, 5.41) is 0. The number of hydrogen-bond donors (Lipinski definition) is 0. The number of esters is 3. The van der Waals surface area contributed by atoms with Gasteiger partial charge < -0.3 is 14.2 Å². The van der Waals surface area contributed by atoms with Gasteiger partial charge in [0, 0.05) is 19.3 Å². The number of ether oxygens (including phenoxy) is 3. The summed E-state index contributed by atoms with van der Waals surface area (Å²) in [4.78, 5) is 38.4. The fraction of sp³-hybridized carbons (Fsp3) is 0.907. The lowest BCUT2D eigenvalue weighted by atomic mass is 10.0. The van der Waals surface area contributed by atoms with Crippen LogP contribution >= 0.6 is 0 Å². The Morgan fingerprint density at radius 2 is 0.444 bits per heavy atom. The molecule has 0 rings (SSSR count). The van der Waals surface area contributed by atoms with Crippen molar-refractivity contribution in [2.24, 2.45) is 0 Å². The Morgan fingerprint density at radius 3 is 0.704 bits per heavy atom. The van der Waals surface area contributed by atoms with E-state index in [2.05, 4.69) is 45.1 Å². The highest BCUT2D eigenvalue weighted by molar-refractivity contribution is 5.71. The van der Waals surface area contributed by atoms with E-state index in [4.69, 9.17) is 14.2 Å². The predicted molar refractivity (Wildman–Crippen MR) is 353 cm³/mol. The minimum Gasteiger partial charge on any atom is -0.462 e. The standard InChI is InChI=1S/C75H142O6/c1-4-7-10-13-16-19-22-25-28-30-32-33-34-35-36-37-38-39-40-41-42-43-45-47-50-53-56-59-62-65-68-74(77)80-71-72(70-79-73(76)67-64-61-58-55-52-49-46-27-24-21-18-15-12-9-6-3)81-75(78)69-66-63-60-57-54-51-48-44-31-29-26-23-20-17-14-11-8-5-2/h18,21,27,46,72H,4-17,19-20,22-26,28-45,47-71H2,1-3H3/b21-18-,46-27-. The van der Waals surface area contributed by atoms with Crippen LogP contribution in [-0.2, 0) is 28.6 Å². The van der Waals surface area contributed by atoms with Gasteiger partial charge in [-0.25, -0.2) is 0 Å².